The number of benzene rings is 1. The van der Waals surface area contributed by atoms with Crippen molar-refractivity contribution in [1.29, 1.82) is 0 Å². The third-order valence-corrected chi connectivity index (χ3v) is 2.06. The molecule has 0 saturated carbocycles. The monoisotopic (exact) mass is 202 g/mol. The van der Waals surface area contributed by atoms with Crippen LogP contribution in [0, 0.1) is 0 Å². The van der Waals surface area contributed by atoms with Crippen LogP contribution in [-0.4, -0.2) is 5.97 Å². The van der Waals surface area contributed by atoms with E-state index in [-0.39, 0.29) is 5.97 Å². The highest BCUT2D eigenvalue weighted by Gasteiger charge is 2.10. The van der Waals surface area contributed by atoms with Gasteiger partial charge >= 0.3 is 5.97 Å². The van der Waals surface area contributed by atoms with Gasteiger partial charge in [-0.05, 0) is 12.1 Å². The van der Waals surface area contributed by atoms with Crippen LogP contribution in [0.5, 0.6) is 5.75 Å². The number of carbonyl (C=O) groups is 1. The minimum Gasteiger partial charge on any atom is -0.464 e. The maximum absolute atomic E-state index is 10.9. The van der Waals surface area contributed by atoms with E-state index < -0.39 is 0 Å². The molecule has 1 aromatic carbocycles. The number of esters is 1. The topological polar surface area (TPSA) is 39.4 Å². The Kier molecular flexibility index (Phi) is 2.29. The Morgan fingerprint density at radius 1 is 1.53 bits per heavy atom. The van der Waals surface area contributed by atoms with Gasteiger partial charge in [-0.1, -0.05) is 18.7 Å². The molecular weight excluding hydrogens is 192 g/mol. The highest BCUT2D eigenvalue weighted by molar-refractivity contribution is 5.93. The molecule has 0 N–H and O–H groups in total. The summed E-state index contributed by atoms with van der Waals surface area (Å²) in [6.45, 7) is 5.04. The Bertz CT molecular complexity index is 523. The zero-order valence-electron chi connectivity index (χ0n) is 8.32. The number of carbonyl (C=O) groups excluding carboxylic acids is 1. The van der Waals surface area contributed by atoms with Crippen molar-refractivity contribution >= 4 is 23.0 Å². The summed E-state index contributed by atoms with van der Waals surface area (Å²) in [7, 11) is 0. The average molecular weight is 202 g/mol. The Hall–Kier alpha value is -2.03. The van der Waals surface area contributed by atoms with Crippen LogP contribution in [0.25, 0.3) is 17.0 Å². The normalized spacial score (nSPS) is 10.2. The van der Waals surface area contributed by atoms with Crippen molar-refractivity contribution in [3.8, 4) is 5.75 Å². The predicted octanol–water partition coefficient (Wildman–Crippen LogP) is 3.00. The Morgan fingerprint density at radius 2 is 2.33 bits per heavy atom. The van der Waals surface area contributed by atoms with E-state index in [0.29, 0.717) is 11.3 Å². The Labute approximate surface area is 87.0 Å². The summed E-state index contributed by atoms with van der Waals surface area (Å²) in [6, 6.07) is 5.32. The van der Waals surface area contributed by atoms with Gasteiger partial charge in [-0.25, -0.2) is 0 Å². The molecule has 0 unspecified atom stereocenters. The van der Waals surface area contributed by atoms with Crippen LogP contribution in [-0.2, 0) is 4.79 Å². The number of rotatable bonds is 2. The zero-order valence-corrected chi connectivity index (χ0v) is 8.32. The summed E-state index contributed by atoms with van der Waals surface area (Å²) < 4.78 is 10.4. The van der Waals surface area contributed by atoms with E-state index in [1.807, 2.05) is 6.07 Å². The number of hydrogen-bond donors (Lipinski definition) is 0. The smallest absolute Gasteiger partial charge is 0.308 e. The van der Waals surface area contributed by atoms with Gasteiger partial charge in [-0.15, -0.1) is 0 Å². The van der Waals surface area contributed by atoms with Gasteiger partial charge in [-0.3, -0.25) is 4.79 Å². The first-order valence-electron chi connectivity index (χ1n) is 4.53. The first-order chi connectivity index (χ1) is 7.22. The SMILES string of the molecule is C=Cc1coc2cccc(OC(C)=O)c12. The molecule has 0 fully saturated rings. The number of furan rings is 1. The lowest BCUT2D eigenvalue weighted by Gasteiger charge is -2.02. The molecule has 0 atom stereocenters. The summed E-state index contributed by atoms with van der Waals surface area (Å²) >= 11 is 0. The molecule has 3 heteroatoms. The third kappa shape index (κ3) is 1.64. The lowest BCUT2D eigenvalue weighted by Crippen LogP contribution is -2.01. The van der Waals surface area contributed by atoms with E-state index in [1.165, 1.54) is 6.92 Å². The fourth-order valence-electron chi connectivity index (χ4n) is 1.47. The largest absolute Gasteiger partial charge is 0.464 e. The van der Waals surface area contributed by atoms with Crippen molar-refractivity contribution in [1.82, 2.24) is 0 Å². The van der Waals surface area contributed by atoms with Crippen LogP contribution in [0.3, 0.4) is 0 Å². The lowest BCUT2D eigenvalue weighted by atomic mass is 10.1. The second-order valence-corrected chi connectivity index (χ2v) is 3.12. The summed E-state index contributed by atoms with van der Waals surface area (Å²) in [4.78, 5) is 10.9. The molecule has 0 aliphatic heterocycles. The van der Waals surface area contributed by atoms with Crippen molar-refractivity contribution in [2.75, 3.05) is 0 Å². The third-order valence-electron chi connectivity index (χ3n) is 2.06. The molecule has 0 bridgehead atoms. The van der Waals surface area contributed by atoms with E-state index in [2.05, 4.69) is 6.58 Å². The van der Waals surface area contributed by atoms with Crippen LogP contribution >= 0.6 is 0 Å². The molecule has 2 rings (SSSR count). The molecule has 0 amide bonds. The predicted molar refractivity (Wildman–Crippen MR) is 57.6 cm³/mol. The van der Waals surface area contributed by atoms with Crippen molar-refractivity contribution in [2.24, 2.45) is 0 Å². The second-order valence-electron chi connectivity index (χ2n) is 3.12. The molecule has 15 heavy (non-hydrogen) atoms. The lowest BCUT2D eigenvalue weighted by molar-refractivity contribution is -0.131. The highest BCUT2D eigenvalue weighted by Crippen LogP contribution is 2.31. The number of hydrogen-bond acceptors (Lipinski definition) is 3. The molecule has 0 spiro atoms. The molecular formula is C12H10O3. The van der Waals surface area contributed by atoms with Gasteiger partial charge in [0, 0.05) is 12.5 Å². The van der Waals surface area contributed by atoms with Crippen molar-refractivity contribution in [3.05, 3.63) is 36.6 Å². The Balaban J connectivity index is 2.66. The fraction of sp³-hybridized carbons (Fsp3) is 0.0833. The van der Waals surface area contributed by atoms with Gasteiger partial charge < -0.3 is 9.15 Å². The summed E-state index contributed by atoms with van der Waals surface area (Å²) in [5.41, 5.74) is 1.51. The molecule has 3 nitrogen and oxygen atoms in total. The van der Waals surface area contributed by atoms with Gasteiger partial charge in [0.15, 0.2) is 0 Å². The first-order valence-corrected chi connectivity index (χ1v) is 4.53. The summed E-state index contributed by atoms with van der Waals surface area (Å²) in [6.07, 6.45) is 3.25. The highest BCUT2D eigenvalue weighted by atomic mass is 16.5. The number of ether oxygens (including phenoxy) is 1. The fourth-order valence-corrected chi connectivity index (χ4v) is 1.47. The molecule has 1 aromatic heterocycles. The maximum Gasteiger partial charge on any atom is 0.308 e. The molecule has 2 aromatic rings. The molecule has 0 aliphatic carbocycles. The molecule has 1 heterocycles. The number of fused-ring (bicyclic) bond motifs is 1. The van der Waals surface area contributed by atoms with E-state index in [0.717, 1.165) is 10.9 Å². The van der Waals surface area contributed by atoms with Gasteiger partial charge in [0.05, 0.1) is 11.6 Å². The summed E-state index contributed by atoms with van der Waals surface area (Å²) in [5.74, 6) is 0.155. The van der Waals surface area contributed by atoms with Crippen molar-refractivity contribution in [3.63, 3.8) is 0 Å². The van der Waals surface area contributed by atoms with E-state index in [4.69, 9.17) is 9.15 Å². The minimum absolute atomic E-state index is 0.348. The van der Waals surface area contributed by atoms with Crippen LogP contribution in [0.1, 0.15) is 12.5 Å². The molecule has 76 valence electrons. The van der Waals surface area contributed by atoms with Gasteiger partial charge in [0.25, 0.3) is 0 Å². The van der Waals surface area contributed by atoms with E-state index >= 15 is 0 Å². The van der Waals surface area contributed by atoms with Crippen molar-refractivity contribution in [2.45, 2.75) is 6.92 Å². The first kappa shape index (κ1) is 9.52. The van der Waals surface area contributed by atoms with E-state index in [9.17, 15) is 4.79 Å². The molecule has 0 aliphatic rings. The Morgan fingerprint density at radius 3 is 3.00 bits per heavy atom. The van der Waals surface area contributed by atoms with Crippen LogP contribution in [0.15, 0.2) is 35.5 Å². The van der Waals surface area contributed by atoms with Crippen molar-refractivity contribution < 1.29 is 13.9 Å². The quantitative estimate of drug-likeness (QED) is 0.555. The summed E-state index contributed by atoms with van der Waals surface area (Å²) in [5, 5.41) is 0.780. The average Bonchev–Trinajstić information content (AvgIpc) is 2.61. The van der Waals surface area contributed by atoms with Gasteiger partial charge in [0.1, 0.15) is 11.3 Å². The minimum atomic E-state index is -0.348. The van der Waals surface area contributed by atoms with Gasteiger partial charge in [0.2, 0.25) is 0 Å². The molecule has 0 saturated heterocycles. The van der Waals surface area contributed by atoms with Crippen LogP contribution in [0.2, 0.25) is 0 Å². The van der Waals surface area contributed by atoms with Crippen LogP contribution < -0.4 is 4.74 Å². The van der Waals surface area contributed by atoms with E-state index in [1.54, 1.807) is 24.5 Å². The standard InChI is InChI=1S/C12H10O3/c1-3-9-7-14-10-5-4-6-11(12(9)10)15-8(2)13/h3-7H,1H2,2H3. The second kappa shape index (κ2) is 3.61. The van der Waals surface area contributed by atoms with Gasteiger partial charge in [-0.2, -0.15) is 0 Å². The van der Waals surface area contributed by atoms with Crippen LogP contribution in [0.4, 0.5) is 0 Å². The maximum atomic E-state index is 10.9. The zero-order chi connectivity index (χ0) is 10.8. The molecule has 0 radical (unpaired) electrons.